The number of piperazine rings is 1. The molecule has 1 N–H and O–H groups in total. The second-order valence-electron chi connectivity index (χ2n) is 4.16. The summed E-state index contributed by atoms with van der Waals surface area (Å²) in [6, 6.07) is 6.05. The Labute approximate surface area is 109 Å². The Hall–Kier alpha value is -0.680. The molecule has 1 saturated heterocycles. The van der Waals surface area contributed by atoms with Gasteiger partial charge in [0.15, 0.2) is 0 Å². The Kier molecular flexibility index (Phi) is 6.44. The molecule has 1 aromatic rings. The molecule has 1 fully saturated rings. The zero-order chi connectivity index (χ0) is 11.2. The van der Waals surface area contributed by atoms with Gasteiger partial charge in [-0.15, -0.1) is 12.4 Å². The van der Waals surface area contributed by atoms with Gasteiger partial charge in [-0.3, -0.25) is 14.8 Å². The molecule has 0 radical (unpaired) electrons. The Bertz CT molecular complexity index is 302. The maximum Gasteiger partial charge on any atom is 0.0558 e. The number of hydrogen-bond donors (Lipinski definition) is 1. The summed E-state index contributed by atoms with van der Waals surface area (Å²) in [5.74, 6) is 0. The van der Waals surface area contributed by atoms with E-state index in [0.29, 0.717) is 0 Å². The number of nitrogens with zero attached hydrogens (tertiary/aromatic N) is 3. The van der Waals surface area contributed by atoms with Crippen LogP contribution in [0.15, 0.2) is 24.4 Å². The SMILES string of the molecule is Cl.OCCN1CCN(Cc2ccccn2)CC1. The molecule has 0 spiro atoms. The van der Waals surface area contributed by atoms with Crippen molar-refractivity contribution in [2.45, 2.75) is 6.54 Å². The second-order valence-corrected chi connectivity index (χ2v) is 4.16. The molecule has 0 unspecified atom stereocenters. The fraction of sp³-hybridized carbons (Fsp3) is 0.583. The lowest BCUT2D eigenvalue weighted by Crippen LogP contribution is -2.46. The highest BCUT2D eigenvalue weighted by atomic mass is 35.5. The van der Waals surface area contributed by atoms with Gasteiger partial charge >= 0.3 is 0 Å². The van der Waals surface area contributed by atoms with Crippen molar-refractivity contribution >= 4 is 12.4 Å². The van der Waals surface area contributed by atoms with Crippen molar-refractivity contribution in [2.75, 3.05) is 39.3 Å². The van der Waals surface area contributed by atoms with Crippen molar-refractivity contribution in [3.8, 4) is 0 Å². The largest absolute Gasteiger partial charge is 0.395 e. The molecule has 4 nitrogen and oxygen atoms in total. The molecule has 1 aliphatic heterocycles. The smallest absolute Gasteiger partial charge is 0.0558 e. The molecule has 2 rings (SSSR count). The van der Waals surface area contributed by atoms with Crippen molar-refractivity contribution in [3.63, 3.8) is 0 Å². The average Bonchev–Trinajstić information content (AvgIpc) is 2.33. The second kappa shape index (κ2) is 7.61. The summed E-state index contributed by atoms with van der Waals surface area (Å²) in [4.78, 5) is 9.05. The number of β-amino-alcohol motifs (C(OH)–C–C–N with tert-alkyl or cyclic N) is 1. The van der Waals surface area contributed by atoms with E-state index >= 15 is 0 Å². The molecule has 0 saturated carbocycles. The molecule has 0 aromatic carbocycles. The van der Waals surface area contributed by atoms with E-state index in [2.05, 4.69) is 20.9 Å². The summed E-state index contributed by atoms with van der Waals surface area (Å²) in [5.41, 5.74) is 1.14. The number of aliphatic hydroxyl groups is 1. The van der Waals surface area contributed by atoms with Gasteiger partial charge in [0.1, 0.15) is 0 Å². The van der Waals surface area contributed by atoms with Crippen molar-refractivity contribution in [2.24, 2.45) is 0 Å². The van der Waals surface area contributed by atoms with Gasteiger partial charge in [0, 0.05) is 45.5 Å². The molecule has 1 aliphatic rings. The summed E-state index contributed by atoms with van der Waals surface area (Å²) in [7, 11) is 0. The minimum atomic E-state index is 0. The van der Waals surface area contributed by atoms with Crippen LogP contribution in [-0.4, -0.2) is 59.2 Å². The van der Waals surface area contributed by atoms with E-state index in [-0.39, 0.29) is 19.0 Å². The molecule has 0 atom stereocenters. The van der Waals surface area contributed by atoms with Crippen LogP contribution < -0.4 is 0 Å². The Morgan fingerprint density at radius 3 is 2.41 bits per heavy atom. The first-order valence-electron chi connectivity index (χ1n) is 5.84. The van der Waals surface area contributed by atoms with Crippen LogP contribution in [0.1, 0.15) is 5.69 Å². The molecule has 0 bridgehead atoms. The Morgan fingerprint density at radius 1 is 1.12 bits per heavy atom. The lowest BCUT2D eigenvalue weighted by atomic mass is 10.2. The summed E-state index contributed by atoms with van der Waals surface area (Å²) in [6.45, 7) is 6.24. The first kappa shape index (κ1) is 14.4. The number of pyridine rings is 1. The first-order valence-corrected chi connectivity index (χ1v) is 5.84. The van der Waals surface area contributed by atoms with Crippen LogP contribution in [0.4, 0.5) is 0 Å². The number of hydrogen-bond acceptors (Lipinski definition) is 4. The number of rotatable bonds is 4. The fourth-order valence-corrected chi connectivity index (χ4v) is 2.03. The number of halogens is 1. The van der Waals surface area contributed by atoms with Crippen LogP contribution in [0.25, 0.3) is 0 Å². The van der Waals surface area contributed by atoms with Gasteiger partial charge in [0.05, 0.1) is 12.3 Å². The van der Waals surface area contributed by atoms with Crippen molar-refractivity contribution < 1.29 is 5.11 Å². The standard InChI is InChI=1S/C12H19N3O.ClH/c16-10-9-14-5-7-15(8-6-14)11-12-3-1-2-4-13-12;/h1-4,16H,5-11H2;1H. The van der Waals surface area contributed by atoms with Gasteiger partial charge in [0.2, 0.25) is 0 Å². The zero-order valence-corrected chi connectivity index (χ0v) is 10.8. The normalized spacial score (nSPS) is 17.7. The van der Waals surface area contributed by atoms with Crippen molar-refractivity contribution in [1.82, 2.24) is 14.8 Å². The van der Waals surface area contributed by atoms with Gasteiger partial charge in [0.25, 0.3) is 0 Å². The van der Waals surface area contributed by atoms with Gasteiger partial charge in [-0.25, -0.2) is 0 Å². The van der Waals surface area contributed by atoms with E-state index in [1.165, 1.54) is 0 Å². The molecule has 2 heterocycles. The molecule has 17 heavy (non-hydrogen) atoms. The summed E-state index contributed by atoms with van der Waals surface area (Å²) >= 11 is 0. The van der Waals surface area contributed by atoms with Crippen LogP contribution in [0.5, 0.6) is 0 Å². The predicted molar refractivity (Wildman–Crippen MR) is 70.3 cm³/mol. The van der Waals surface area contributed by atoms with E-state index in [9.17, 15) is 0 Å². The van der Waals surface area contributed by atoms with E-state index in [0.717, 1.165) is 45.0 Å². The lowest BCUT2D eigenvalue weighted by Gasteiger charge is -2.34. The third kappa shape index (κ3) is 4.60. The van der Waals surface area contributed by atoms with Crippen LogP contribution >= 0.6 is 12.4 Å². The minimum absolute atomic E-state index is 0. The van der Waals surface area contributed by atoms with E-state index in [1.807, 2.05) is 18.3 Å². The number of aliphatic hydroxyl groups excluding tert-OH is 1. The quantitative estimate of drug-likeness (QED) is 0.858. The molecule has 0 amide bonds. The van der Waals surface area contributed by atoms with Gasteiger partial charge in [-0.05, 0) is 12.1 Å². The highest BCUT2D eigenvalue weighted by Crippen LogP contribution is 2.05. The maximum atomic E-state index is 8.85. The third-order valence-corrected chi connectivity index (χ3v) is 2.99. The highest BCUT2D eigenvalue weighted by molar-refractivity contribution is 5.85. The van der Waals surface area contributed by atoms with Gasteiger partial charge in [-0.1, -0.05) is 6.07 Å². The van der Waals surface area contributed by atoms with Crippen LogP contribution in [-0.2, 0) is 6.54 Å². The summed E-state index contributed by atoms with van der Waals surface area (Å²) in [5, 5.41) is 8.85. The fourth-order valence-electron chi connectivity index (χ4n) is 2.03. The summed E-state index contributed by atoms with van der Waals surface area (Å²) < 4.78 is 0. The van der Waals surface area contributed by atoms with Crippen molar-refractivity contribution in [3.05, 3.63) is 30.1 Å². The highest BCUT2D eigenvalue weighted by Gasteiger charge is 2.16. The van der Waals surface area contributed by atoms with Crippen LogP contribution in [0.2, 0.25) is 0 Å². The van der Waals surface area contributed by atoms with Gasteiger partial charge < -0.3 is 5.11 Å². The summed E-state index contributed by atoms with van der Waals surface area (Å²) in [6.07, 6.45) is 1.84. The average molecular weight is 258 g/mol. The maximum absolute atomic E-state index is 8.85. The van der Waals surface area contributed by atoms with E-state index in [1.54, 1.807) is 0 Å². The first-order chi connectivity index (χ1) is 7.88. The molecular weight excluding hydrogens is 238 g/mol. The molecular formula is C12H20ClN3O. The molecule has 5 heteroatoms. The predicted octanol–water partition coefficient (Wildman–Crippen LogP) is 0.613. The van der Waals surface area contributed by atoms with E-state index in [4.69, 9.17) is 5.11 Å². The zero-order valence-electron chi connectivity index (χ0n) is 9.96. The molecule has 0 aliphatic carbocycles. The van der Waals surface area contributed by atoms with Crippen LogP contribution in [0.3, 0.4) is 0 Å². The Morgan fingerprint density at radius 2 is 1.82 bits per heavy atom. The third-order valence-electron chi connectivity index (χ3n) is 2.99. The topological polar surface area (TPSA) is 39.6 Å². The molecule has 1 aromatic heterocycles. The minimum Gasteiger partial charge on any atom is -0.395 e. The number of aromatic nitrogens is 1. The monoisotopic (exact) mass is 257 g/mol. The van der Waals surface area contributed by atoms with Crippen LogP contribution in [0, 0.1) is 0 Å². The Balaban J connectivity index is 0.00000144. The lowest BCUT2D eigenvalue weighted by molar-refractivity contribution is 0.107. The van der Waals surface area contributed by atoms with E-state index < -0.39 is 0 Å². The molecule has 96 valence electrons. The van der Waals surface area contributed by atoms with Gasteiger partial charge in [-0.2, -0.15) is 0 Å². The van der Waals surface area contributed by atoms with Crippen molar-refractivity contribution in [1.29, 1.82) is 0 Å².